The molecule has 0 aliphatic carbocycles. The first-order valence-corrected chi connectivity index (χ1v) is 8.67. The Morgan fingerprint density at radius 3 is 2.79 bits per heavy atom. The van der Waals surface area contributed by atoms with Crippen LogP contribution in [0, 0.1) is 6.92 Å². The van der Waals surface area contributed by atoms with Gasteiger partial charge in [-0.25, -0.2) is 0 Å². The number of furan rings is 1. The van der Waals surface area contributed by atoms with Crippen molar-refractivity contribution in [2.75, 3.05) is 33.7 Å². The third kappa shape index (κ3) is 4.01. The first-order valence-electron chi connectivity index (χ1n) is 8.29. The molecule has 24 heavy (non-hydrogen) atoms. The number of aryl methyl sites for hydroxylation is 1. The summed E-state index contributed by atoms with van der Waals surface area (Å²) in [5.41, 5.74) is 1.43. The van der Waals surface area contributed by atoms with E-state index in [-0.39, 0.29) is 0 Å². The quantitative estimate of drug-likeness (QED) is 0.899. The summed E-state index contributed by atoms with van der Waals surface area (Å²) in [6.45, 7) is 4.96. The van der Waals surface area contributed by atoms with Gasteiger partial charge in [-0.2, -0.15) is 0 Å². The van der Waals surface area contributed by atoms with Crippen LogP contribution in [0.2, 0.25) is 5.02 Å². The van der Waals surface area contributed by atoms with Crippen molar-refractivity contribution in [3.05, 3.63) is 46.7 Å². The molecule has 1 aliphatic heterocycles. The number of β-amino-alcohol motifs (C(OH)–C–C–N with tert-alkyl or cyclic N) is 1. The largest absolute Gasteiger partial charge is 0.460 e. The SMILES string of the molecule is Cc1ccc(-c2ccc(CN3CCC(O)(CN(C)C)C3)o2)cc1Cl. The van der Waals surface area contributed by atoms with Gasteiger partial charge in [-0.05, 0) is 51.2 Å². The summed E-state index contributed by atoms with van der Waals surface area (Å²) < 4.78 is 5.98. The second kappa shape index (κ2) is 6.89. The van der Waals surface area contributed by atoms with Crippen molar-refractivity contribution in [1.82, 2.24) is 9.80 Å². The van der Waals surface area contributed by atoms with Gasteiger partial charge in [-0.1, -0.05) is 23.7 Å². The lowest BCUT2D eigenvalue weighted by molar-refractivity contribution is 0.0235. The first-order chi connectivity index (χ1) is 11.3. The zero-order valence-electron chi connectivity index (χ0n) is 14.6. The summed E-state index contributed by atoms with van der Waals surface area (Å²) in [5, 5.41) is 11.4. The topological polar surface area (TPSA) is 39.9 Å². The van der Waals surface area contributed by atoms with Gasteiger partial charge in [0.15, 0.2) is 0 Å². The number of likely N-dealkylation sites (N-methyl/N-ethyl adjacent to an activating group) is 1. The molecular weight excluding hydrogens is 324 g/mol. The Bertz CT molecular complexity index is 713. The van der Waals surface area contributed by atoms with Crippen LogP contribution >= 0.6 is 11.6 Å². The molecule has 1 aromatic carbocycles. The monoisotopic (exact) mass is 348 g/mol. The summed E-state index contributed by atoms with van der Waals surface area (Å²) in [5.74, 6) is 1.74. The van der Waals surface area contributed by atoms with Crippen LogP contribution in [0.4, 0.5) is 0 Å². The van der Waals surface area contributed by atoms with E-state index in [0.717, 1.165) is 47.2 Å². The zero-order chi connectivity index (χ0) is 17.3. The number of rotatable bonds is 5. The van der Waals surface area contributed by atoms with E-state index in [1.54, 1.807) is 0 Å². The van der Waals surface area contributed by atoms with Gasteiger partial charge in [0, 0.05) is 30.2 Å². The molecule has 1 unspecified atom stereocenters. The highest BCUT2D eigenvalue weighted by molar-refractivity contribution is 6.31. The van der Waals surface area contributed by atoms with Crippen molar-refractivity contribution < 1.29 is 9.52 Å². The highest BCUT2D eigenvalue weighted by atomic mass is 35.5. The van der Waals surface area contributed by atoms with Crippen molar-refractivity contribution in [3.8, 4) is 11.3 Å². The van der Waals surface area contributed by atoms with Crippen molar-refractivity contribution in [1.29, 1.82) is 0 Å². The fourth-order valence-electron chi connectivity index (χ4n) is 3.38. The van der Waals surface area contributed by atoms with Crippen LogP contribution < -0.4 is 0 Å². The Balaban J connectivity index is 1.65. The van der Waals surface area contributed by atoms with E-state index in [2.05, 4.69) is 4.90 Å². The fourth-order valence-corrected chi connectivity index (χ4v) is 3.56. The summed E-state index contributed by atoms with van der Waals surface area (Å²) in [6, 6.07) is 9.95. The maximum atomic E-state index is 10.6. The van der Waals surface area contributed by atoms with Gasteiger partial charge in [-0.3, -0.25) is 4.90 Å². The van der Waals surface area contributed by atoms with E-state index in [1.165, 1.54) is 0 Å². The molecule has 0 amide bonds. The van der Waals surface area contributed by atoms with E-state index < -0.39 is 5.60 Å². The van der Waals surface area contributed by atoms with Gasteiger partial charge in [0.25, 0.3) is 0 Å². The molecule has 2 heterocycles. The molecule has 1 aromatic heterocycles. The summed E-state index contributed by atoms with van der Waals surface area (Å²) in [4.78, 5) is 4.28. The fraction of sp³-hybridized carbons (Fsp3) is 0.474. The second-order valence-electron chi connectivity index (χ2n) is 7.15. The molecule has 2 aromatic rings. The average Bonchev–Trinajstić information content (AvgIpc) is 3.09. The van der Waals surface area contributed by atoms with Crippen LogP contribution in [-0.4, -0.2) is 54.2 Å². The molecule has 0 spiro atoms. The third-order valence-corrected chi connectivity index (χ3v) is 4.93. The Morgan fingerprint density at radius 2 is 2.08 bits per heavy atom. The van der Waals surface area contributed by atoms with Crippen molar-refractivity contribution >= 4 is 11.6 Å². The van der Waals surface area contributed by atoms with Crippen LogP contribution in [0.25, 0.3) is 11.3 Å². The van der Waals surface area contributed by atoms with Crippen LogP contribution in [0.15, 0.2) is 34.7 Å². The lowest BCUT2D eigenvalue weighted by Crippen LogP contribution is -2.42. The summed E-state index contributed by atoms with van der Waals surface area (Å²) in [7, 11) is 3.98. The van der Waals surface area contributed by atoms with E-state index in [1.807, 2.05) is 56.3 Å². The zero-order valence-corrected chi connectivity index (χ0v) is 15.3. The molecule has 0 radical (unpaired) electrons. The number of hydrogen-bond acceptors (Lipinski definition) is 4. The molecule has 0 bridgehead atoms. The van der Waals surface area contributed by atoms with E-state index >= 15 is 0 Å². The number of hydrogen-bond donors (Lipinski definition) is 1. The molecule has 1 aliphatic rings. The highest BCUT2D eigenvalue weighted by Gasteiger charge is 2.36. The predicted octanol–water partition coefficient (Wildman–Crippen LogP) is 3.41. The lowest BCUT2D eigenvalue weighted by Gasteiger charge is -2.26. The Morgan fingerprint density at radius 1 is 1.29 bits per heavy atom. The predicted molar refractivity (Wildman–Crippen MR) is 97.3 cm³/mol. The Kier molecular flexibility index (Phi) is 5.02. The highest BCUT2D eigenvalue weighted by Crippen LogP contribution is 2.29. The minimum Gasteiger partial charge on any atom is -0.460 e. The maximum absolute atomic E-state index is 10.6. The molecule has 1 atom stereocenters. The minimum absolute atomic E-state index is 0.622. The van der Waals surface area contributed by atoms with E-state index in [4.69, 9.17) is 16.0 Å². The average molecular weight is 349 g/mol. The molecule has 0 saturated carbocycles. The van der Waals surface area contributed by atoms with Crippen LogP contribution in [-0.2, 0) is 6.54 Å². The first kappa shape index (κ1) is 17.5. The molecular formula is C19H25ClN2O2. The van der Waals surface area contributed by atoms with Crippen molar-refractivity contribution in [2.24, 2.45) is 0 Å². The van der Waals surface area contributed by atoms with Crippen LogP contribution in [0.5, 0.6) is 0 Å². The molecule has 4 nitrogen and oxygen atoms in total. The molecule has 3 rings (SSSR count). The molecule has 1 fully saturated rings. The second-order valence-corrected chi connectivity index (χ2v) is 7.56. The van der Waals surface area contributed by atoms with Gasteiger partial charge in [0.05, 0.1) is 12.1 Å². The van der Waals surface area contributed by atoms with Gasteiger partial charge < -0.3 is 14.4 Å². The van der Waals surface area contributed by atoms with Gasteiger partial charge in [0.2, 0.25) is 0 Å². The Labute approximate surface area is 148 Å². The number of benzene rings is 1. The maximum Gasteiger partial charge on any atom is 0.134 e. The third-order valence-electron chi connectivity index (χ3n) is 4.52. The number of halogens is 1. The summed E-state index contributed by atoms with van der Waals surface area (Å²) >= 11 is 6.20. The van der Waals surface area contributed by atoms with Crippen molar-refractivity contribution in [3.63, 3.8) is 0 Å². The van der Waals surface area contributed by atoms with Gasteiger partial charge >= 0.3 is 0 Å². The van der Waals surface area contributed by atoms with Gasteiger partial charge in [0.1, 0.15) is 11.5 Å². The Hall–Kier alpha value is -1.33. The number of likely N-dealkylation sites (tertiary alicyclic amines) is 1. The van der Waals surface area contributed by atoms with Crippen LogP contribution in [0.3, 0.4) is 0 Å². The van der Waals surface area contributed by atoms with Crippen LogP contribution in [0.1, 0.15) is 17.7 Å². The molecule has 5 heteroatoms. The number of nitrogens with zero attached hydrogens (tertiary/aromatic N) is 2. The number of aliphatic hydroxyl groups is 1. The molecule has 1 saturated heterocycles. The molecule has 130 valence electrons. The minimum atomic E-state index is -0.622. The standard InChI is InChI=1S/C19H25ClN2O2/c1-14-4-5-15(10-17(14)20)18-7-6-16(24-18)11-22-9-8-19(23,13-22)12-21(2)3/h4-7,10,23H,8-9,11-13H2,1-3H3. The van der Waals surface area contributed by atoms with E-state index in [0.29, 0.717) is 13.1 Å². The molecule has 1 N–H and O–H groups in total. The van der Waals surface area contributed by atoms with Gasteiger partial charge in [-0.15, -0.1) is 0 Å². The summed E-state index contributed by atoms with van der Waals surface area (Å²) in [6.07, 6.45) is 0.798. The van der Waals surface area contributed by atoms with Crippen molar-refractivity contribution in [2.45, 2.75) is 25.5 Å². The normalized spacial score (nSPS) is 21.8. The smallest absolute Gasteiger partial charge is 0.134 e. The lowest BCUT2D eigenvalue weighted by atomic mass is 10.0. The van der Waals surface area contributed by atoms with E-state index in [9.17, 15) is 5.11 Å².